The number of rotatable bonds is 7. The summed E-state index contributed by atoms with van der Waals surface area (Å²) in [7, 11) is 0. The largest absolute Gasteiger partial charge is 0.465 e. The Hall–Kier alpha value is -3.95. The summed E-state index contributed by atoms with van der Waals surface area (Å²) in [5, 5.41) is 19.7. The second-order valence-electron chi connectivity index (χ2n) is 10.9. The minimum atomic E-state index is -1.04. The third-order valence-electron chi connectivity index (χ3n) is 7.01. The van der Waals surface area contributed by atoms with Crippen LogP contribution in [0.2, 0.25) is 0 Å². The molecule has 0 saturated carbocycles. The number of halogens is 1. The number of aromatic nitrogens is 3. The van der Waals surface area contributed by atoms with Gasteiger partial charge in [0, 0.05) is 43.0 Å². The molecule has 0 saturated heterocycles. The summed E-state index contributed by atoms with van der Waals surface area (Å²) in [6.45, 7) is 10.1. The van der Waals surface area contributed by atoms with Crippen molar-refractivity contribution in [2.75, 3.05) is 10.2 Å². The van der Waals surface area contributed by atoms with Crippen LogP contribution in [0.15, 0.2) is 48.8 Å². The van der Waals surface area contributed by atoms with Crippen molar-refractivity contribution in [2.45, 2.75) is 72.1 Å². The number of anilines is 2. The fraction of sp³-hybridized carbons (Fsp3) is 0.429. The van der Waals surface area contributed by atoms with Crippen molar-refractivity contribution in [3.05, 3.63) is 60.3 Å². The lowest BCUT2D eigenvalue weighted by atomic mass is 9.85. The molecule has 1 aliphatic rings. The molecule has 0 spiro atoms. The number of nitrogens with zero attached hydrogens (tertiary/aromatic N) is 4. The lowest BCUT2D eigenvalue weighted by Crippen LogP contribution is -2.43. The molecule has 10 heteroatoms. The SMILES string of the molecule is CC(=O)N1c2ccc(-c3cnn(CCC(NC(=O)O)C(C)(C)C)c3)cc2[C@H](Nc2cccc(F)n2)C[C@@H]1C. The molecule has 2 aromatic heterocycles. The normalized spacial score (nSPS) is 18.0. The van der Waals surface area contributed by atoms with Crippen LogP contribution in [-0.2, 0) is 11.3 Å². The van der Waals surface area contributed by atoms with Crippen molar-refractivity contribution in [1.82, 2.24) is 20.1 Å². The van der Waals surface area contributed by atoms with Crippen molar-refractivity contribution < 1.29 is 19.1 Å². The van der Waals surface area contributed by atoms with Gasteiger partial charge >= 0.3 is 6.09 Å². The number of aryl methyl sites for hydroxylation is 1. The molecule has 0 bridgehead atoms. The molecule has 1 aliphatic heterocycles. The molecule has 0 aliphatic carbocycles. The first-order chi connectivity index (χ1) is 17.9. The Morgan fingerprint density at radius 2 is 1.97 bits per heavy atom. The molecule has 3 N–H and O–H groups in total. The quantitative estimate of drug-likeness (QED) is 0.356. The molecule has 4 rings (SSSR count). The van der Waals surface area contributed by atoms with E-state index in [0.29, 0.717) is 25.2 Å². The second kappa shape index (κ2) is 10.8. The Labute approximate surface area is 222 Å². The molecule has 202 valence electrons. The fourth-order valence-electron chi connectivity index (χ4n) is 5.09. The molecule has 9 nitrogen and oxygen atoms in total. The maximum Gasteiger partial charge on any atom is 0.404 e. The van der Waals surface area contributed by atoms with Crippen LogP contribution in [-0.4, -0.2) is 44.0 Å². The average molecular weight is 523 g/mol. The lowest BCUT2D eigenvalue weighted by Gasteiger charge is -2.39. The molecule has 1 aromatic carbocycles. The van der Waals surface area contributed by atoms with E-state index in [1.54, 1.807) is 30.2 Å². The van der Waals surface area contributed by atoms with E-state index < -0.39 is 12.0 Å². The average Bonchev–Trinajstić information content (AvgIpc) is 3.29. The van der Waals surface area contributed by atoms with Gasteiger partial charge < -0.3 is 20.6 Å². The van der Waals surface area contributed by atoms with E-state index in [-0.39, 0.29) is 29.4 Å². The van der Waals surface area contributed by atoms with E-state index in [4.69, 9.17) is 0 Å². The number of hydrogen-bond acceptors (Lipinski definition) is 5. The summed E-state index contributed by atoms with van der Waals surface area (Å²) in [6.07, 6.45) is 3.92. The molecule has 1 unspecified atom stereocenters. The van der Waals surface area contributed by atoms with Crippen LogP contribution < -0.4 is 15.5 Å². The molecular formula is C28H35FN6O3. The Balaban J connectivity index is 1.61. The van der Waals surface area contributed by atoms with Crippen molar-refractivity contribution >= 4 is 23.5 Å². The molecule has 0 fully saturated rings. The summed E-state index contributed by atoms with van der Waals surface area (Å²) < 4.78 is 15.6. The topological polar surface area (TPSA) is 112 Å². The van der Waals surface area contributed by atoms with Crippen molar-refractivity contribution in [3.63, 3.8) is 0 Å². The Bertz CT molecular complexity index is 1320. The predicted molar refractivity (Wildman–Crippen MR) is 144 cm³/mol. The van der Waals surface area contributed by atoms with Crippen LogP contribution in [0.3, 0.4) is 0 Å². The number of pyridine rings is 1. The van der Waals surface area contributed by atoms with Gasteiger partial charge in [-0.15, -0.1) is 0 Å². The number of amides is 2. The molecular weight excluding hydrogens is 487 g/mol. The van der Waals surface area contributed by atoms with E-state index in [1.165, 1.54) is 6.07 Å². The zero-order valence-electron chi connectivity index (χ0n) is 22.4. The van der Waals surface area contributed by atoms with E-state index in [0.717, 1.165) is 22.4 Å². The predicted octanol–water partition coefficient (Wildman–Crippen LogP) is 5.45. The highest BCUT2D eigenvalue weighted by Gasteiger charge is 2.33. The number of carboxylic acid groups (broad SMARTS) is 1. The maximum atomic E-state index is 13.7. The van der Waals surface area contributed by atoms with Gasteiger partial charge in [0.15, 0.2) is 0 Å². The molecule has 2 amide bonds. The summed E-state index contributed by atoms with van der Waals surface area (Å²) in [5.41, 5.74) is 3.35. The molecule has 38 heavy (non-hydrogen) atoms. The van der Waals surface area contributed by atoms with E-state index >= 15 is 0 Å². The van der Waals surface area contributed by atoms with Crippen molar-refractivity contribution in [2.24, 2.45) is 5.41 Å². The number of carbonyl (C=O) groups excluding carboxylic acids is 1. The summed E-state index contributed by atoms with van der Waals surface area (Å²) >= 11 is 0. The van der Waals surface area contributed by atoms with Gasteiger partial charge in [-0.1, -0.05) is 32.9 Å². The van der Waals surface area contributed by atoms with Gasteiger partial charge in [-0.2, -0.15) is 9.49 Å². The van der Waals surface area contributed by atoms with Crippen LogP contribution in [0.25, 0.3) is 11.1 Å². The summed E-state index contributed by atoms with van der Waals surface area (Å²) in [5.74, 6) is -0.158. The van der Waals surface area contributed by atoms with Crippen LogP contribution in [0.1, 0.15) is 59.1 Å². The highest BCUT2D eigenvalue weighted by molar-refractivity contribution is 5.94. The van der Waals surface area contributed by atoms with Crippen molar-refractivity contribution in [3.8, 4) is 11.1 Å². The van der Waals surface area contributed by atoms with E-state index in [2.05, 4.69) is 20.7 Å². The van der Waals surface area contributed by atoms with Gasteiger partial charge in [0.2, 0.25) is 11.9 Å². The standard InChI is InChI=1S/C28H35FN6O3/c1-17-13-22(31-26-8-6-7-25(29)33-26)21-14-19(9-10-23(21)35(17)18(2)36)20-15-30-34(16-20)12-11-24(28(3,4)5)32-27(37)38/h6-10,14-17,22,24,32H,11-13H2,1-5H3,(H,31,33)(H,37,38)/t17-,22+,24?/m0/s1. The van der Waals surface area contributed by atoms with Crippen LogP contribution in [0.5, 0.6) is 0 Å². The lowest BCUT2D eigenvalue weighted by molar-refractivity contribution is -0.117. The third kappa shape index (κ3) is 6.12. The number of fused-ring (bicyclic) bond motifs is 1. The highest BCUT2D eigenvalue weighted by atomic mass is 19.1. The van der Waals surface area contributed by atoms with Crippen LogP contribution >= 0.6 is 0 Å². The van der Waals surface area contributed by atoms with Crippen LogP contribution in [0, 0.1) is 11.4 Å². The molecule has 3 atom stereocenters. The highest BCUT2D eigenvalue weighted by Crippen LogP contribution is 2.41. The molecule has 3 heterocycles. The maximum absolute atomic E-state index is 13.7. The fourth-order valence-corrected chi connectivity index (χ4v) is 5.09. The second-order valence-corrected chi connectivity index (χ2v) is 10.9. The number of benzene rings is 1. The Morgan fingerprint density at radius 1 is 1.21 bits per heavy atom. The minimum absolute atomic E-state index is 0.0370. The van der Waals surface area contributed by atoms with Gasteiger partial charge in [-0.05, 0) is 60.6 Å². The molecule has 0 radical (unpaired) electrons. The molecule has 3 aromatic rings. The van der Waals surface area contributed by atoms with Gasteiger partial charge in [0.1, 0.15) is 5.82 Å². The smallest absolute Gasteiger partial charge is 0.404 e. The monoisotopic (exact) mass is 522 g/mol. The van der Waals surface area contributed by atoms with E-state index in [9.17, 15) is 19.1 Å². The summed E-state index contributed by atoms with van der Waals surface area (Å²) in [4.78, 5) is 29.5. The van der Waals surface area contributed by atoms with Crippen molar-refractivity contribution in [1.29, 1.82) is 0 Å². The van der Waals surface area contributed by atoms with Gasteiger partial charge in [0.25, 0.3) is 0 Å². The number of carbonyl (C=O) groups is 2. The first kappa shape index (κ1) is 27.1. The first-order valence-electron chi connectivity index (χ1n) is 12.8. The first-order valence-corrected chi connectivity index (χ1v) is 12.8. The Morgan fingerprint density at radius 3 is 2.63 bits per heavy atom. The zero-order valence-corrected chi connectivity index (χ0v) is 22.4. The van der Waals surface area contributed by atoms with Gasteiger partial charge in [-0.25, -0.2) is 9.78 Å². The van der Waals surface area contributed by atoms with Gasteiger partial charge in [0.05, 0.1) is 12.2 Å². The Kier molecular flexibility index (Phi) is 7.71. The zero-order chi connectivity index (χ0) is 27.6. The third-order valence-corrected chi connectivity index (χ3v) is 7.01. The summed E-state index contributed by atoms with van der Waals surface area (Å²) in [6, 6.07) is 10.2. The number of nitrogens with one attached hydrogen (secondary N) is 2. The van der Waals surface area contributed by atoms with Crippen LogP contribution in [0.4, 0.5) is 20.7 Å². The minimum Gasteiger partial charge on any atom is -0.465 e. The number of hydrogen-bond donors (Lipinski definition) is 3. The van der Waals surface area contributed by atoms with Gasteiger partial charge in [-0.3, -0.25) is 9.48 Å². The van der Waals surface area contributed by atoms with E-state index in [1.807, 2.05) is 56.8 Å².